The Morgan fingerprint density at radius 3 is 2.64 bits per heavy atom. The van der Waals surface area contributed by atoms with E-state index in [1.807, 2.05) is 0 Å². The fourth-order valence-corrected chi connectivity index (χ4v) is 1.74. The Morgan fingerprint density at radius 2 is 2.04 bits per heavy atom. The summed E-state index contributed by atoms with van der Waals surface area (Å²) in [5, 5.41) is 15.2. The lowest BCUT2D eigenvalue weighted by atomic mass is 10.2. The van der Waals surface area contributed by atoms with E-state index in [2.05, 4.69) is 15.4 Å². The maximum absolute atomic E-state index is 11.9. The summed E-state index contributed by atoms with van der Waals surface area (Å²) in [4.78, 5) is 33.4. The van der Waals surface area contributed by atoms with Crippen molar-refractivity contribution in [3.05, 3.63) is 39.9 Å². The van der Waals surface area contributed by atoms with Crippen LogP contribution in [0.5, 0.6) is 0 Å². The first kappa shape index (κ1) is 20.4. The number of hydrogen-bond acceptors (Lipinski definition) is 5. The van der Waals surface area contributed by atoms with Gasteiger partial charge in [-0.1, -0.05) is 6.07 Å². The minimum Gasteiger partial charge on any atom is -0.370 e. The van der Waals surface area contributed by atoms with Crippen LogP contribution < -0.4 is 10.6 Å². The first-order valence-electron chi connectivity index (χ1n) is 7.05. The van der Waals surface area contributed by atoms with Gasteiger partial charge in [0.05, 0.1) is 18.1 Å². The number of rotatable bonds is 8. The Bertz CT molecular complexity index is 636. The number of nitro benzene ring substituents is 1. The first-order chi connectivity index (χ1) is 11.6. The number of nitro groups is 1. The van der Waals surface area contributed by atoms with Gasteiger partial charge in [0.1, 0.15) is 6.61 Å². The van der Waals surface area contributed by atoms with E-state index >= 15 is 0 Å². The quantitative estimate of drug-likeness (QED) is 0.536. The lowest BCUT2D eigenvalue weighted by Gasteiger charge is -2.15. The molecule has 1 aromatic rings. The molecule has 1 aromatic carbocycles. The van der Waals surface area contributed by atoms with E-state index < -0.39 is 42.1 Å². The van der Waals surface area contributed by atoms with Crippen LogP contribution in [0.1, 0.15) is 17.3 Å². The van der Waals surface area contributed by atoms with Gasteiger partial charge in [-0.15, -0.1) is 0 Å². The Labute approximate surface area is 140 Å². The Hall–Kier alpha value is -2.69. The second-order valence-electron chi connectivity index (χ2n) is 5.09. The molecule has 0 aromatic heterocycles. The number of ether oxygens (including phenoxy) is 1. The summed E-state index contributed by atoms with van der Waals surface area (Å²) in [6.07, 6.45) is -4.45. The average molecular weight is 363 g/mol. The fourth-order valence-electron chi connectivity index (χ4n) is 1.74. The van der Waals surface area contributed by atoms with E-state index in [9.17, 15) is 32.9 Å². The van der Waals surface area contributed by atoms with Crippen LogP contribution in [-0.2, 0) is 9.53 Å². The van der Waals surface area contributed by atoms with Gasteiger partial charge in [-0.25, -0.2) is 0 Å². The summed E-state index contributed by atoms with van der Waals surface area (Å²) in [6, 6.07) is 4.25. The summed E-state index contributed by atoms with van der Waals surface area (Å²) in [7, 11) is 0. The molecule has 1 atom stereocenters. The third kappa shape index (κ3) is 8.11. The maximum Gasteiger partial charge on any atom is 0.411 e. The van der Waals surface area contributed by atoms with E-state index in [0.29, 0.717) is 0 Å². The van der Waals surface area contributed by atoms with Crippen molar-refractivity contribution >= 4 is 17.5 Å². The average Bonchev–Trinajstić information content (AvgIpc) is 2.51. The van der Waals surface area contributed by atoms with Gasteiger partial charge in [0, 0.05) is 23.7 Å². The van der Waals surface area contributed by atoms with Gasteiger partial charge < -0.3 is 15.4 Å². The van der Waals surface area contributed by atoms with Gasteiger partial charge >= 0.3 is 6.18 Å². The Morgan fingerprint density at radius 1 is 1.36 bits per heavy atom. The minimum absolute atomic E-state index is 0.00330. The minimum atomic E-state index is -4.45. The van der Waals surface area contributed by atoms with Crippen LogP contribution >= 0.6 is 0 Å². The van der Waals surface area contributed by atoms with Crippen molar-refractivity contribution in [3.63, 3.8) is 0 Å². The van der Waals surface area contributed by atoms with Crippen molar-refractivity contribution < 1.29 is 32.4 Å². The molecule has 0 radical (unpaired) electrons. The smallest absolute Gasteiger partial charge is 0.370 e. The highest BCUT2D eigenvalue weighted by molar-refractivity contribution is 5.96. The molecule has 8 nitrogen and oxygen atoms in total. The number of nitrogens with one attached hydrogen (secondary N) is 2. The zero-order valence-electron chi connectivity index (χ0n) is 13.1. The van der Waals surface area contributed by atoms with Crippen molar-refractivity contribution in [2.45, 2.75) is 19.1 Å². The van der Waals surface area contributed by atoms with Gasteiger partial charge in [0.2, 0.25) is 5.91 Å². The highest BCUT2D eigenvalue weighted by Gasteiger charge is 2.27. The molecule has 0 aliphatic carbocycles. The molecule has 0 bridgehead atoms. The number of nitrogens with zero attached hydrogens (tertiary/aromatic N) is 1. The van der Waals surface area contributed by atoms with E-state index in [4.69, 9.17) is 0 Å². The molecule has 0 aliphatic heterocycles. The largest absolute Gasteiger partial charge is 0.411 e. The SMILES string of the molecule is CC(COCC(F)(F)F)NC(=O)CNC(=O)c1cccc([N+](=O)[O-])c1. The number of benzene rings is 1. The molecular weight excluding hydrogens is 347 g/mol. The van der Waals surface area contributed by atoms with Crippen LogP contribution in [0.4, 0.5) is 18.9 Å². The maximum atomic E-state index is 11.9. The zero-order chi connectivity index (χ0) is 19.0. The van der Waals surface area contributed by atoms with Crippen molar-refractivity contribution in [1.29, 1.82) is 0 Å². The molecular formula is C14H16F3N3O5. The summed E-state index contributed by atoms with van der Waals surface area (Å²) >= 11 is 0. The number of non-ortho nitro benzene ring substituents is 1. The number of amides is 2. The van der Waals surface area contributed by atoms with Crippen LogP contribution in [0.3, 0.4) is 0 Å². The third-order valence-electron chi connectivity index (χ3n) is 2.77. The molecule has 25 heavy (non-hydrogen) atoms. The predicted molar refractivity (Wildman–Crippen MR) is 79.9 cm³/mol. The number of carbonyl (C=O) groups excluding carboxylic acids is 2. The number of hydrogen-bond donors (Lipinski definition) is 2. The first-order valence-corrected chi connectivity index (χ1v) is 7.05. The van der Waals surface area contributed by atoms with Gasteiger partial charge in [0.25, 0.3) is 11.6 Å². The highest BCUT2D eigenvalue weighted by atomic mass is 19.4. The van der Waals surface area contributed by atoms with Gasteiger partial charge in [-0.05, 0) is 13.0 Å². The molecule has 1 unspecified atom stereocenters. The van der Waals surface area contributed by atoms with Crippen molar-refractivity contribution in [2.24, 2.45) is 0 Å². The number of carbonyl (C=O) groups is 2. The molecule has 11 heteroatoms. The summed E-state index contributed by atoms with van der Waals surface area (Å²) in [5.41, 5.74) is -0.268. The van der Waals surface area contributed by atoms with Gasteiger partial charge in [-0.3, -0.25) is 19.7 Å². The van der Waals surface area contributed by atoms with E-state index in [1.165, 1.54) is 25.1 Å². The van der Waals surface area contributed by atoms with E-state index in [0.717, 1.165) is 6.07 Å². The van der Waals surface area contributed by atoms with Crippen LogP contribution in [0.25, 0.3) is 0 Å². The monoisotopic (exact) mass is 363 g/mol. The zero-order valence-corrected chi connectivity index (χ0v) is 13.1. The molecule has 0 spiro atoms. The lowest BCUT2D eigenvalue weighted by Crippen LogP contribution is -2.42. The molecule has 138 valence electrons. The topological polar surface area (TPSA) is 111 Å². The second kappa shape index (κ2) is 8.97. The normalized spacial score (nSPS) is 12.3. The molecule has 0 heterocycles. The molecule has 2 amide bonds. The second-order valence-corrected chi connectivity index (χ2v) is 5.09. The lowest BCUT2D eigenvalue weighted by molar-refractivity contribution is -0.384. The third-order valence-corrected chi connectivity index (χ3v) is 2.77. The number of alkyl halides is 3. The van der Waals surface area contributed by atoms with Gasteiger partial charge in [-0.2, -0.15) is 13.2 Å². The standard InChI is InChI=1S/C14H16F3N3O5/c1-9(7-25-8-14(15,16)17)19-12(21)6-18-13(22)10-3-2-4-11(5-10)20(23)24/h2-5,9H,6-8H2,1H3,(H,18,22)(H,19,21). The molecule has 2 N–H and O–H groups in total. The van der Waals surface area contributed by atoms with E-state index in [1.54, 1.807) is 0 Å². The summed E-state index contributed by atoms with van der Waals surface area (Å²) in [6.45, 7) is -0.761. The van der Waals surface area contributed by atoms with E-state index in [-0.39, 0.29) is 17.9 Å². The van der Waals surface area contributed by atoms with Crippen LogP contribution in [0.15, 0.2) is 24.3 Å². The van der Waals surface area contributed by atoms with Crippen molar-refractivity contribution in [3.8, 4) is 0 Å². The van der Waals surface area contributed by atoms with Crippen molar-refractivity contribution in [1.82, 2.24) is 10.6 Å². The number of halogens is 3. The Balaban J connectivity index is 2.39. The fraction of sp³-hybridized carbons (Fsp3) is 0.429. The molecule has 0 aliphatic rings. The molecule has 1 rings (SSSR count). The van der Waals surface area contributed by atoms with Crippen LogP contribution in [0.2, 0.25) is 0 Å². The molecule has 0 fully saturated rings. The molecule has 0 saturated heterocycles. The summed E-state index contributed by atoms with van der Waals surface area (Å²) < 4.78 is 40.1. The Kier molecular flexibility index (Phi) is 7.30. The highest BCUT2D eigenvalue weighted by Crippen LogP contribution is 2.14. The van der Waals surface area contributed by atoms with Crippen molar-refractivity contribution in [2.75, 3.05) is 19.8 Å². The predicted octanol–water partition coefficient (Wildman–Crippen LogP) is 1.41. The summed E-state index contributed by atoms with van der Waals surface area (Å²) in [5.74, 6) is -1.33. The van der Waals surface area contributed by atoms with Crippen LogP contribution in [-0.4, -0.2) is 48.7 Å². The molecule has 0 saturated carbocycles. The van der Waals surface area contributed by atoms with Gasteiger partial charge in [0.15, 0.2) is 0 Å². The van der Waals surface area contributed by atoms with Crippen LogP contribution in [0, 0.1) is 10.1 Å².